The number of rotatable bonds is 14. The zero-order chi connectivity index (χ0) is 32.1. The Morgan fingerprint density at radius 1 is 1.05 bits per heavy atom. The van der Waals surface area contributed by atoms with Gasteiger partial charge in [0.25, 0.3) is 0 Å². The van der Waals surface area contributed by atoms with Gasteiger partial charge in [-0.1, -0.05) is 82.3 Å². The number of hydrogen-bond donors (Lipinski definition) is 2. The van der Waals surface area contributed by atoms with E-state index in [9.17, 15) is 19.5 Å². The van der Waals surface area contributed by atoms with Crippen molar-refractivity contribution in [3.05, 3.63) is 71.3 Å². The Bertz CT molecular complexity index is 1270. The van der Waals surface area contributed by atoms with E-state index in [4.69, 9.17) is 14.2 Å². The van der Waals surface area contributed by atoms with E-state index >= 15 is 0 Å². The zero-order valence-corrected chi connectivity index (χ0v) is 26.7. The van der Waals surface area contributed by atoms with Crippen molar-refractivity contribution < 1.29 is 33.7 Å². The molecule has 0 aromatic heterocycles. The van der Waals surface area contributed by atoms with Crippen molar-refractivity contribution in [1.29, 1.82) is 0 Å². The predicted octanol–water partition coefficient (Wildman–Crippen LogP) is 5.36. The van der Waals surface area contributed by atoms with E-state index in [1.54, 1.807) is 4.90 Å². The van der Waals surface area contributed by atoms with Gasteiger partial charge in [-0.15, -0.1) is 0 Å². The van der Waals surface area contributed by atoms with Gasteiger partial charge in [0.1, 0.15) is 6.61 Å². The van der Waals surface area contributed by atoms with Crippen LogP contribution in [0.5, 0.6) is 0 Å². The summed E-state index contributed by atoms with van der Waals surface area (Å²) in [6.07, 6.45) is 4.26. The number of carbonyl (C=O) groups excluding carboxylic acids is 3. The molecule has 3 atom stereocenters. The Balaban J connectivity index is 1.44. The second-order valence-corrected chi connectivity index (χ2v) is 12.4. The monoisotopic (exact) mass is 608 g/mol. The van der Waals surface area contributed by atoms with Crippen molar-refractivity contribution in [2.24, 2.45) is 5.41 Å². The van der Waals surface area contributed by atoms with Crippen molar-refractivity contribution in [2.75, 3.05) is 31.8 Å². The highest BCUT2D eigenvalue weighted by Gasteiger charge is 2.24. The maximum absolute atomic E-state index is 13.5. The SMILES string of the molecule is COC(COC(=O)CCCC(=O)NCCC(=O)N1Cc2ccccc2C(C)C=Cc2ccccc21)OC(CO)CC(C)(C)C. The van der Waals surface area contributed by atoms with Gasteiger partial charge in [0.05, 0.1) is 24.9 Å². The van der Waals surface area contributed by atoms with Crippen LogP contribution >= 0.6 is 0 Å². The first kappa shape index (κ1) is 35.0. The number of benzene rings is 2. The predicted molar refractivity (Wildman–Crippen MR) is 171 cm³/mol. The lowest BCUT2D eigenvalue weighted by Crippen LogP contribution is -2.35. The van der Waals surface area contributed by atoms with E-state index in [0.717, 1.165) is 16.8 Å². The van der Waals surface area contributed by atoms with E-state index in [2.05, 4.69) is 36.5 Å². The summed E-state index contributed by atoms with van der Waals surface area (Å²) in [5.41, 5.74) is 4.03. The van der Waals surface area contributed by atoms with E-state index in [0.29, 0.717) is 19.4 Å². The summed E-state index contributed by atoms with van der Waals surface area (Å²) in [5, 5.41) is 12.4. The molecule has 1 aliphatic rings. The number of para-hydroxylation sites is 1. The lowest BCUT2D eigenvalue weighted by molar-refractivity contribution is -0.198. The van der Waals surface area contributed by atoms with Gasteiger partial charge in [0.2, 0.25) is 11.8 Å². The van der Waals surface area contributed by atoms with E-state index < -0.39 is 18.4 Å². The third-order valence-electron chi connectivity index (χ3n) is 7.44. The molecule has 0 saturated carbocycles. The first-order valence-electron chi connectivity index (χ1n) is 15.4. The van der Waals surface area contributed by atoms with Crippen molar-refractivity contribution >= 4 is 29.5 Å². The number of nitrogens with one attached hydrogen (secondary N) is 1. The molecular weight excluding hydrogens is 560 g/mol. The van der Waals surface area contributed by atoms with Crippen LogP contribution < -0.4 is 10.2 Å². The number of amides is 2. The molecule has 0 bridgehead atoms. The van der Waals surface area contributed by atoms with Gasteiger partial charge in [-0.25, -0.2) is 0 Å². The summed E-state index contributed by atoms with van der Waals surface area (Å²) >= 11 is 0. The number of nitrogens with zero attached hydrogens (tertiary/aromatic N) is 1. The van der Waals surface area contributed by atoms with Crippen LogP contribution in [0.4, 0.5) is 5.69 Å². The van der Waals surface area contributed by atoms with Crippen molar-refractivity contribution in [3.63, 3.8) is 0 Å². The summed E-state index contributed by atoms with van der Waals surface area (Å²) in [6, 6.07) is 16.0. The molecule has 3 rings (SSSR count). The average Bonchev–Trinajstić information content (AvgIpc) is 3.05. The lowest BCUT2D eigenvalue weighted by Gasteiger charge is -2.27. The zero-order valence-electron chi connectivity index (χ0n) is 26.7. The number of hydrogen-bond acceptors (Lipinski definition) is 7. The Morgan fingerprint density at radius 3 is 2.50 bits per heavy atom. The molecule has 0 spiro atoms. The molecule has 0 saturated heterocycles. The van der Waals surface area contributed by atoms with Gasteiger partial charge in [0, 0.05) is 32.9 Å². The molecule has 44 heavy (non-hydrogen) atoms. The third kappa shape index (κ3) is 11.2. The van der Waals surface area contributed by atoms with Crippen LogP contribution in [0.15, 0.2) is 54.6 Å². The minimum atomic E-state index is -0.794. The molecule has 0 radical (unpaired) electrons. The molecule has 2 amide bonds. The van der Waals surface area contributed by atoms with Crippen LogP contribution in [0.3, 0.4) is 0 Å². The number of ether oxygens (including phenoxy) is 3. The summed E-state index contributed by atoms with van der Waals surface area (Å²) in [5.74, 6) is -0.577. The fourth-order valence-corrected chi connectivity index (χ4v) is 5.20. The topological polar surface area (TPSA) is 114 Å². The Kier molecular flexibility index (Phi) is 13.6. The highest BCUT2D eigenvalue weighted by molar-refractivity contribution is 5.96. The Labute approximate surface area is 261 Å². The van der Waals surface area contributed by atoms with Crippen LogP contribution in [0.1, 0.15) is 82.4 Å². The first-order valence-corrected chi connectivity index (χ1v) is 15.4. The van der Waals surface area contributed by atoms with Gasteiger partial charge in [-0.05, 0) is 46.9 Å². The number of methoxy groups -OCH3 is 1. The van der Waals surface area contributed by atoms with Crippen LogP contribution in [-0.2, 0) is 35.1 Å². The summed E-state index contributed by atoms with van der Waals surface area (Å²) < 4.78 is 16.3. The molecule has 0 fully saturated rings. The van der Waals surface area contributed by atoms with E-state index in [1.165, 1.54) is 12.7 Å². The third-order valence-corrected chi connectivity index (χ3v) is 7.44. The number of anilines is 1. The van der Waals surface area contributed by atoms with Gasteiger partial charge in [-0.3, -0.25) is 14.4 Å². The molecule has 1 heterocycles. The highest BCUT2D eigenvalue weighted by atomic mass is 16.7. The molecule has 240 valence electrons. The maximum atomic E-state index is 13.5. The quantitative estimate of drug-likeness (QED) is 0.219. The molecular formula is C35H48N2O7. The highest BCUT2D eigenvalue weighted by Crippen LogP contribution is 2.31. The Morgan fingerprint density at radius 2 is 1.77 bits per heavy atom. The minimum Gasteiger partial charge on any atom is -0.460 e. The number of aliphatic hydroxyl groups excluding tert-OH is 1. The molecule has 3 unspecified atom stereocenters. The molecule has 2 aromatic rings. The molecule has 2 N–H and O–H groups in total. The molecule has 9 heteroatoms. The lowest BCUT2D eigenvalue weighted by atomic mass is 9.89. The second kappa shape index (κ2) is 17.1. The summed E-state index contributed by atoms with van der Waals surface area (Å²) in [7, 11) is 1.45. The average molecular weight is 609 g/mol. The van der Waals surface area contributed by atoms with E-state index in [1.807, 2.05) is 57.2 Å². The molecule has 2 aromatic carbocycles. The smallest absolute Gasteiger partial charge is 0.305 e. The van der Waals surface area contributed by atoms with Gasteiger partial charge in [0.15, 0.2) is 6.29 Å². The fourth-order valence-electron chi connectivity index (χ4n) is 5.20. The van der Waals surface area contributed by atoms with Crippen LogP contribution in [0, 0.1) is 5.41 Å². The number of allylic oxidation sites excluding steroid dienone is 1. The minimum absolute atomic E-state index is 0.0456. The summed E-state index contributed by atoms with van der Waals surface area (Å²) in [6.45, 7) is 8.65. The first-order chi connectivity index (χ1) is 21.0. The fraction of sp³-hybridized carbons (Fsp3) is 0.514. The van der Waals surface area contributed by atoms with Gasteiger partial charge < -0.3 is 29.5 Å². The van der Waals surface area contributed by atoms with E-state index in [-0.39, 0.29) is 62.2 Å². The standard InChI is InChI=1S/C35H48N2O7/c1-25-17-18-26-11-7-9-14-30(26)37(22-27-12-6-8-13-29(25)27)32(40)19-20-36-31(39)15-10-16-33(41)43-24-34(42-5)44-28(23-38)21-35(2,3)4/h6-9,11-14,17-18,25,28,34,38H,10,15-16,19-24H2,1-5H3,(H,36,39). The Hall–Kier alpha value is -3.53. The van der Waals surface area contributed by atoms with Crippen molar-refractivity contribution in [2.45, 2.75) is 84.7 Å². The van der Waals surface area contributed by atoms with Gasteiger partial charge in [-0.2, -0.15) is 0 Å². The number of carbonyl (C=O) groups is 3. The van der Waals surface area contributed by atoms with Crippen molar-refractivity contribution in [1.82, 2.24) is 5.32 Å². The number of fused-ring (bicyclic) bond motifs is 2. The number of esters is 1. The van der Waals surface area contributed by atoms with Gasteiger partial charge >= 0.3 is 5.97 Å². The van der Waals surface area contributed by atoms with Crippen LogP contribution in [-0.4, -0.2) is 62.2 Å². The largest absolute Gasteiger partial charge is 0.460 e. The molecule has 0 aliphatic carbocycles. The molecule has 1 aliphatic heterocycles. The van der Waals surface area contributed by atoms with Crippen LogP contribution in [0.25, 0.3) is 6.08 Å². The second-order valence-electron chi connectivity index (χ2n) is 12.4. The molecule has 9 nitrogen and oxygen atoms in total. The number of aliphatic hydroxyl groups is 1. The van der Waals surface area contributed by atoms with Crippen molar-refractivity contribution in [3.8, 4) is 0 Å². The normalized spacial score (nSPS) is 16.0. The van der Waals surface area contributed by atoms with Crippen LogP contribution in [0.2, 0.25) is 0 Å². The summed E-state index contributed by atoms with van der Waals surface area (Å²) in [4.78, 5) is 39.9. The maximum Gasteiger partial charge on any atom is 0.305 e.